The molecule has 0 bridgehead atoms. The summed E-state index contributed by atoms with van der Waals surface area (Å²) < 4.78 is 8.82. The lowest BCUT2D eigenvalue weighted by Gasteiger charge is -2.33. The van der Waals surface area contributed by atoms with Crippen LogP contribution in [-0.2, 0) is 0 Å². The largest absolute Gasteiger partial charge is 0.455 e. The summed E-state index contributed by atoms with van der Waals surface area (Å²) in [5.74, 6) is 0.642. The zero-order chi connectivity index (χ0) is 30.6. The molecule has 0 unspecified atom stereocenters. The third kappa shape index (κ3) is 3.41. The second-order valence-electron chi connectivity index (χ2n) is 12.1. The van der Waals surface area contributed by atoms with Gasteiger partial charge in [0.1, 0.15) is 11.2 Å². The average Bonchev–Trinajstić information content (AvgIpc) is 3.70. The summed E-state index contributed by atoms with van der Waals surface area (Å²) in [6, 6.07) is 49.4. The third-order valence-electron chi connectivity index (χ3n) is 9.61. The summed E-state index contributed by atoms with van der Waals surface area (Å²) in [6.07, 6.45) is 0. The molecule has 1 aliphatic rings. The van der Waals surface area contributed by atoms with Crippen LogP contribution < -0.4 is 4.90 Å². The third-order valence-corrected chi connectivity index (χ3v) is 10.8. The molecule has 4 heterocycles. The Kier molecular flexibility index (Phi) is 4.96. The predicted octanol–water partition coefficient (Wildman–Crippen LogP) is 12.2. The normalized spacial score (nSPS) is 12.6. The van der Waals surface area contributed by atoms with Crippen LogP contribution in [0, 0.1) is 0 Å². The lowest BCUT2D eigenvalue weighted by atomic mass is 9.89. The summed E-state index contributed by atoms with van der Waals surface area (Å²) in [5.41, 5.74) is 9.08. The molecule has 0 atom stereocenters. The predicted molar refractivity (Wildman–Crippen MR) is 196 cm³/mol. The minimum atomic E-state index is 0.642. The van der Waals surface area contributed by atoms with Crippen molar-refractivity contribution in [1.82, 2.24) is 9.97 Å². The molecule has 3 aromatic heterocycles. The van der Waals surface area contributed by atoms with Gasteiger partial charge in [0, 0.05) is 42.8 Å². The van der Waals surface area contributed by atoms with Crippen molar-refractivity contribution in [3.8, 4) is 22.4 Å². The fourth-order valence-electron chi connectivity index (χ4n) is 7.57. The quantitative estimate of drug-likeness (QED) is 0.194. The molecule has 0 amide bonds. The molecule has 0 saturated carbocycles. The number of thiophene rings is 1. The molecule has 1 aliphatic heterocycles. The number of nitrogens with zero attached hydrogens (tertiary/aromatic N) is 3. The lowest BCUT2D eigenvalue weighted by molar-refractivity contribution is 0.670. The van der Waals surface area contributed by atoms with Crippen LogP contribution in [0.4, 0.5) is 17.3 Å². The van der Waals surface area contributed by atoms with Crippen LogP contribution in [0.1, 0.15) is 0 Å². The van der Waals surface area contributed by atoms with Crippen molar-refractivity contribution in [2.45, 2.75) is 0 Å². The van der Waals surface area contributed by atoms with Gasteiger partial charge in [-0.15, -0.1) is 11.3 Å². The monoisotopic (exact) mass is 617 g/mol. The summed E-state index contributed by atoms with van der Waals surface area (Å²) in [6.45, 7) is 0. The Balaban J connectivity index is 1.30. The van der Waals surface area contributed by atoms with Gasteiger partial charge in [-0.3, -0.25) is 4.90 Å². The smallest absolute Gasteiger partial charge is 0.235 e. The highest BCUT2D eigenvalue weighted by Gasteiger charge is 2.31. The van der Waals surface area contributed by atoms with Gasteiger partial charge >= 0.3 is 0 Å². The molecule has 0 spiro atoms. The number of rotatable bonds is 2. The topological polar surface area (TPSA) is 42.2 Å². The van der Waals surface area contributed by atoms with Gasteiger partial charge < -0.3 is 4.42 Å². The molecule has 47 heavy (non-hydrogen) atoms. The van der Waals surface area contributed by atoms with Gasteiger partial charge in [-0.25, -0.2) is 9.97 Å². The molecule has 0 fully saturated rings. The maximum atomic E-state index is 6.58. The fourth-order valence-corrected chi connectivity index (χ4v) is 8.71. The second-order valence-corrected chi connectivity index (χ2v) is 13.2. The van der Waals surface area contributed by atoms with Gasteiger partial charge in [-0.05, 0) is 40.6 Å². The minimum absolute atomic E-state index is 0.642. The van der Waals surface area contributed by atoms with Crippen molar-refractivity contribution >= 4 is 92.4 Å². The Labute approximate surface area is 272 Å². The molecule has 218 valence electrons. The molecule has 5 heteroatoms. The van der Waals surface area contributed by atoms with Gasteiger partial charge in [0.05, 0.1) is 27.3 Å². The molecule has 10 aromatic rings. The van der Waals surface area contributed by atoms with Crippen molar-refractivity contribution in [3.05, 3.63) is 140 Å². The number of fused-ring (bicyclic) bond motifs is 10. The molecule has 0 saturated heterocycles. The van der Waals surface area contributed by atoms with Crippen molar-refractivity contribution in [1.29, 1.82) is 0 Å². The van der Waals surface area contributed by atoms with Crippen molar-refractivity contribution in [2.75, 3.05) is 4.90 Å². The van der Waals surface area contributed by atoms with Crippen LogP contribution >= 0.6 is 11.3 Å². The van der Waals surface area contributed by atoms with Gasteiger partial charge in [0.2, 0.25) is 5.95 Å². The van der Waals surface area contributed by atoms with E-state index < -0.39 is 0 Å². The van der Waals surface area contributed by atoms with Gasteiger partial charge in [0.15, 0.2) is 0 Å². The molecule has 0 radical (unpaired) electrons. The maximum absolute atomic E-state index is 6.58. The minimum Gasteiger partial charge on any atom is -0.455 e. The van der Waals surface area contributed by atoms with E-state index in [0.717, 1.165) is 65.6 Å². The van der Waals surface area contributed by atoms with Crippen LogP contribution in [0.3, 0.4) is 0 Å². The van der Waals surface area contributed by atoms with E-state index in [4.69, 9.17) is 14.4 Å². The van der Waals surface area contributed by atoms with E-state index >= 15 is 0 Å². The standard InChI is InChI=1S/C42H23N3OS/c1-2-13-26-24(10-1)22-23-29-28-16-7-11-25-12-8-19-33(36(25)28)45(39(26)29)42-43-37-31-15-4-6-21-35(31)47-41(37)38(44-42)32-18-9-17-30-27-14-3-5-20-34(27)46-40(30)32/h1-23H. The van der Waals surface area contributed by atoms with Gasteiger partial charge in [-0.1, -0.05) is 115 Å². The molecule has 4 nitrogen and oxygen atoms in total. The Bertz CT molecular complexity index is 2930. The van der Waals surface area contributed by atoms with Crippen molar-refractivity contribution < 1.29 is 4.42 Å². The van der Waals surface area contributed by atoms with E-state index in [1.165, 1.54) is 32.0 Å². The zero-order valence-corrected chi connectivity index (χ0v) is 25.8. The van der Waals surface area contributed by atoms with E-state index in [-0.39, 0.29) is 0 Å². The highest BCUT2D eigenvalue weighted by molar-refractivity contribution is 7.26. The lowest BCUT2D eigenvalue weighted by Crippen LogP contribution is -2.18. The molecule has 0 aliphatic carbocycles. The van der Waals surface area contributed by atoms with Gasteiger partial charge in [-0.2, -0.15) is 0 Å². The summed E-state index contributed by atoms with van der Waals surface area (Å²) >= 11 is 1.74. The van der Waals surface area contributed by atoms with Gasteiger partial charge in [0.25, 0.3) is 0 Å². The Morgan fingerprint density at radius 2 is 1.26 bits per heavy atom. The van der Waals surface area contributed by atoms with E-state index in [0.29, 0.717) is 5.95 Å². The van der Waals surface area contributed by atoms with Crippen LogP contribution in [0.15, 0.2) is 144 Å². The molecular weight excluding hydrogens is 595 g/mol. The molecule has 0 N–H and O–H groups in total. The van der Waals surface area contributed by atoms with Crippen LogP contribution in [0.5, 0.6) is 0 Å². The highest BCUT2D eigenvalue weighted by Crippen LogP contribution is 2.53. The number of aromatic nitrogens is 2. The number of benzene rings is 7. The summed E-state index contributed by atoms with van der Waals surface area (Å²) in [5, 5.41) is 8.05. The number of anilines is 3. The first kappa shape index (κ1) is 25.2. The maximum Gasteiger partial charge on any atom is 0.235 e. The van der Waals surface area contributed by atoms with Crippen molar-refractivity contribution in [3.63, 3.8) is 0 Å². The molecule has 11 rings (SSSR count). The Morgan fingerprint density at radius 1 is 0.532 bits per heavy atom. The number of furan rings is 1. The van der Waals surface area contributed by atoms with E-state index in [1.54, 1.807) is 11.3 Å². The van der Waals surface area contributed by atoms with E-state index in [1.807, 2.05) is 12.1 Å². The van der Waals surface area contributed by atoms with Crippen molar-refractivity contribution in [2.24, 2.45) is 0 Å². The average molecular weight is 618 g/mol. The molecule has 7 aromatic carbocycles. The highest BCUT2D eigenvalue weighted by atomic mass is 32.1. The first-order chi connectivity index (χ1) is 23.3. The Morgan fingerprint density at radius 3 is 2.19 bits per heavy atom. The number of hydrogen-bond acceptors (Lipinski definition) is 5. The molecular formula is C42H23N3OS. The summed E-state index contributed by atoms with van der Waals surface area (Å²) in [7, 11) is 0. The van der Waals surface area contributed by atoms with Crippen LogP contribution in [-0.4, -0.2) is 9.97 Å². The Hall–Kier alpha value is -6.04. The second kappa shape index (κ2) is 9.25. The first-order valence-corrected chi connectivity index (χ1v) is 16.6. The van der Waals surface area contributed by atoms with E-state index in [2.05, 4.69) is 132 Å². The summed E-state index contributed by atoms with van der Waals surface area (Å²) in [4.78, 5) is 13.3. The zero-order valence-electron chi connectivity index (χ0n) is 24.9. The number of hydrogen-bond donors (Lipinski definition) is 0. The fraction of sp³-hybridized carbons (Fsp3) is 0. The van der Waals surface area contributed by atoms with Crippen LogP contribution in [0.2, 0.25) is 0 Å². The van der Waals surface area contributed by atoms with Crippen LogP contribution in [0.25, 0.3) is 86.2 Å². The number of para-hydroxylation sites is 2. The SMILES string of the molecule is c1ccc2c3c(ccc2c1)-c1cccc2cccc(c12)N3c1nc(-c2cccc3c2oc2ccccc23)c2sc3ccccc3c2n1. The van der Waals surface area contributed by atoms with E-state index in [9.17, 15) is 0 Å². The first-order valence-electron chi connectivity index (χ1n) is 15.8.